The van der Waals surface area contributed by atoms with Crippen LogP contribution in [0.3, 0.4) is 0 Å². The molecule has 1 N–H and O–H groups in total. The lowest BCUT2D eigenvalue weighted by Gasteiger charge is -2.14. The number of nitrogens with zero attached hydrogens (tertiary/aromatic N) is 1. The van der Waals surface area contributed by atoms with Gasteiger partial charge < -0.3 is 9.55 Å². The Morgan fingerprint density at radius 1 is 1.50 bits per heavy atom. The number of rotatable bonds is 3. The van der Waals surface area contributed by atoms with Crippen molar-refractivity contribution in [3.63, 3.8) is 0 Å². The highest BCUT2D eigenvalue weighted by Crippen LogP contribution is 2.23. The molecule has 16 heavy (non-hydrogen) atoms. The van der Waals surface area contributed by atoms with Crippen LogP contribution < -0.4 is 0 Å². The van der Waals surface area contributed by atoms with Crippen molar-refractivity contribution in [1.82, 2.24) is 9.55 Å². The molecule has 0 aliphatic rings. The number of fused-ring (bicyclic) bond motifs is 1. The van der Waals surface area contributed by atoms with Gasteiger partial charge in [0.2, 0.25) is 0 Å². The Bertz CT molecular complexity index is 554. The molecule has 1 unspecified atom stereocenters. The van der Waals surface area contributed by atoms with Gasteiger partial charge >= 0.3 is 0 Å². The predicted octanol–water partition coefficient (Wildman–Crippen LogP) is 3.93. The third-order valence-corrected chi connectivity index (χ3v) is 3.90. The predicted molar refractivity (Wildman–Crippen MR) is 75.0 cm³/mol. The van der Waals surface area contributed by atoms with Gasteiger partial charge in [0.15, 0.2) is 4.77 Å². The summed E-state index contributed by atoms with van der Waals surface area (Å²) in [5.74, 6) is 1.08. The van der Waals surface area contributed by atoms with Crippen LogP contribution in [0.25, 0.3) is 11.0 Å². The van der Waals surface area contributed by atoms with Gasteiger partial charge in [0.05, 0.1) is 11.0 Å². The molecule has 0 saturated carbocycles. The molecule has 0 fully saturated rings. The number of aromatic amines is 1. The fraction of sp³-hybridized carbons (Fsp3) is 0.417. The van der Waals surface area contributed by atoms with E-state index in [0.717, 1.165) is 16.0 Å². The topological polar surface area (TPSA) is 20.7 Å². The lowest BCUT2D eigenvalue weighted by molar-refractivity contribution is 0.619. The monoisotopic (exact) mass is 252 g/mol. The molecule has 1 heterocycles. The molecule has 1 aromatic carbocycles. The van der Waals surface area contributed by atoms with Crippen LogP contribution in [0.2, 0.25) is 0 Å². The Morgan fingerprint density at radius 2 is 2.25 bits per heavy atom. The number of hydrogen-bond acceptors (Lipinski definition) is 2. The zero-order chi connectivity index (χ0) is 11.7. The number of imidazole rings is 1. The first-order valence-corrected chi connectivity index (χ1v) is 7.14. The Morgan fingerprint density at radius 3 is 2.94 bits per heavy atom. The van der Waals surface area contributed by atoms with Gasteiger partial charge in [-0.05, 0) is 44.0 Å². The number of hydrogen-bond donors (Lipinski definition) is 1. The molecule has 2 rings (SSSR count). The molecule has 0 spiro atoms. The van der Waals surface area contributed by atoms with Gasteiger partial charge in [-0.3, -0.25) is 0 Å². The minimum atomic E-state index is 0.428. The summed E-state index contributed by atoms with van der Waals surface area (Å²) >= 11 is 7.25. The third-order valence-electron chi connectivity index (χ3n) is 2.79. The molecule has 0 aliphatic carbocycles. The summed E-state index contributed by atoms with van der Waals surface area (Å²) in [4.78, 5) is 3.28. The van der Waals surface area contributed by atoms with E-state index >= 15 is 0 Å². The molecule has 0 amide bonds. The second kappa shape index (κ2) is 4.63. The summed E-state index contributed by atoms with van der Waals surface area (Å²) in [6.45, 7) is 4.35. The number of benzene rings is 1. The lowest BCUT2D eigenvalue weighted by atomic mass is 10.2. The maximum Gasteiger partial charge on any atom is 0.178 e. The van der Waals surface area contributed by atoms with Crippen LogP contribution in [0.4, 0.5) is 0 Å². The van der Waals surface area contributed by atoms with Crippen molar-refractivity contribution in [1.29, 1.82) is 0 Å². The molecule has 86 valence electrons. The average molecular weight is 252 g/mol. The molecule has 0 radical (unpaired) electrons. The van der Waals surface area contributed by atoms with Crippen LogP contribution in [0.15, 0.2) is 18.2 Å². The molecule has 0 aliphatic heterocycles. The van der Waals surface area contributed by atoms with Crippen molar-refractivity contribution >= 4 is 35.0 Å². The van der Waals surface area contributed by atoms with E-state index in [9.17, 15) is 0 Å². The number of H-pyrrole nitrogens is 1. The van der Waals surface area contributed by atoms with E-state index < -0.39 is 0 Å². The summed E-state index contributed by atoms with van der Waals surface area (Å²) < 4.78 is 3.06. The molecule has 2 aromatic rings. The van der Waals surface area contributed by atoms with Crippen LogP contribution in [0.1, 0.15) is 18.5 Å². The second-order valence-electron chi connectivity index (χ2n) is 4.08. The van der Waals surface area contributed by atoms with E-state index in [0.29, 0.717) is 6.04 Å². The summed E-state index contributed by atoms with van der Waals surface area (Å²) in [5, 5.41) is 0. The van der Waals surface area contributed by atoms with Gasteiger partial charge in [-0.15, -0.1) is 0 Å². The Labute approximate surface area is 105 Å². The van der Waals surface area contributed by atoms with Crippen LogP contribution in [0.5, 0.6) is 0 Å². The normalized spacial score (nSPS) is 13.2. The van der Waals surface area contributed by atoms with E-state index in [-0.39, 0.29) is 0 Å². The highest BCUT2D eigenvalue weighted by molar-refractivity contribution is 7.98. The minimum Gasteiger partial charge on any atom is -0.331 e. The SMILES string of the molecule is CSCC(C)n1c(=S)[nH]c2cccc(C)c21. The molecule has 0 saturated heterocycles. The number of aromatic nitrogens is 2. The third kappa shape index (κ3) is 1.92. The molecule has 1 aromatic heterocycles. The van der Waals surface area contributed by atoms with Gasteiger partial charge in [-0.2, -0.15) is 11.8 Å². The minimum absolute atomic E-state index is 0.428. The first-order valence-electron chi connectivity index (χ1n) is 5.34. The first kappa shape index (κ1) is 11.7. The summed E-state index contributed by atoms with van der Waals surface area (Å²) in [6, 6.07) is 6.71. The number of aryl methyl sites for hydroxylation is 1. The van der Waals surface area contributed by atoms with Gasteiger partial charge in [-0.1, -0.05) is 12.1 Å². The largest absolute Gasteiger partial charge is 0.331 e. The molecule has 2 nitrogen and oxygen atoms in total. The fourth-order valence-electron chi connectivity index (χ4n) is 2.09. The molecule has 0 bridgehead atoms. The van der Waals surface area contributed by atoms with E-state index in [2.05, 4.69) is 47.9 Å². The van der Waals surface area contributed by atoms with Gasteiger partial charge in [0, 0.05) is 11.8 Å². The van der Waals surface area contributed by atoms with E-state index in [4.69, 9.17) is 12.2 Å². The maximum atomic E-state index is 5.40. The van der Waals surface area contributed by atoms with Crippen LogP contribution >= 0.6 is 24.0 Å². The average Bonchev–Trinajstić information content (AvgIpc) is 2.56. The van der Waals surface area contributed by atoms with Crippen molar-refractivity contribution in [3.05, 3.63) is 28.5 Å². The highest BCUT2D eigenvalue weighted by atomic mass is 32.2. The lowest BCUT2D eigenvalue weighted by Crippen LogP contribution is -2.08. The zero-order valence-corrected chi connectivity index (χ0v) is 11.4. The van der Waals surface area contributed by atoms with E-state index in [1.165, 1.54) is 11.1 Å². The van der Waals surface area contributed by atoms with Gasteiger partial charge in [0.1, 0.15) is 0 Å². The fourth-order valence-corrected chi connectivity index (χ4v) is 3.11. The number of para-hydroxylation sites is 1. The standard InChI is InChI=1S/C12H16N2S2/c1-8-5-4-6-10-11(8)14(12(15)13-10)9(2)7-16-3/h4-6,9H,7H2,1-3H3,(H,13,15). The van der Waals surface area contributed by atoms with Crippen molar-refractivity contribution < 1.29 is 0 Å². The summed E-state index contributed by atoms with van der Waals surface area (Å²) in [6.07, 6.45) is 2.13. The van der Waals surface area contributed by atoms with Crippen LogP contribution in [0, 0.1) is 11.7 Å². The van der Waals surface area contributed by atoms with E-state index in [1.807, 2.05) is 11.8 Å². The Hall–Kier alpha value is -0.740. The van der Waals surface area contributed by atoms with Gasteiger partial charge in [-0.25, -0.2) is 0 Å². The van der Waals surface area contributed by atoms with Crippen molar-refractivity contribution in [2.45, 2.75) is 19.9 Å². The van der Waals surface area contributed by atoms with Crippen molar-refractivity contribution in [2.24, 2.45) is 0 Å². The summed E-state index contributed by atoms with van der Waals surface area (Å²) in [7, 11) is 0. The molecule has 1 atom stereocenters. The number of thioether (sulfide) groups is 1. The first-order chi connectivity index (χ1) is 7.65. The molecular formula is C12H16N2S2. The Balaban J connectivity index is 2.68. The molecular weight excluding hydrogens is 236 g/mol. The van der Waals surface area contributed by atoms with Crippen LogP contribution in [-0.4, -0.2) is 21.6 Å². The van der Waals surface area contributed by atoms with Gasteiger partial charge in [0.25, 0.3) is 0 Å². The van der Waals surface area contributed by atoms with Crippen molar-refractivity contribution in [3.8, 4) is 0 Å². The molecule has 4 heteroatoms. The maximum absolute atomic E-state index is 5.40. The summed E-state index contributed by atoms with van der Waals surface area (Å²) in [5.41, 5.74) is 3.66. The van der Waals surface area contributed by atoms with E-state index in [1.54, 1.807) is 0 Å². The highest BCUT2D eigenvalue weighted by Gasteiger charge is 2.11. The second-order valence-corrected chi connectivity index (χ2v) is 5.37. The Kier molecular flexibility index (Phi) is 3.40. The zero-order valence-electron chi connectivity index (χ0n) is 9.78. The van der Waals surface area contributed by atoms with Crippen molar-refractivity contribution in [2.75, 3.05) is 12.0 Å². The number of nitrogens with one attached hydrogen (secondary N) is 1. The van der Waals surface area contributed by atoms with Crippen LogP contribution in [-0.2, 0) is 0 Å². The quantitative estimate of drug-likeness (QED) is 0.835. The smallest absolute Gasteiger partial charge is 0.178 e.